The van der Waals surface area contributed by atoms with Crippen LogP contribution in [0.1, 0.15) is 12.6 Å². The molecule has 0 spiro atoms. The first-order valence-electron chi connectivity index (χ1n) is 7.07. The van der Waals surface area contributed by atoms with E-state index in [1.807, 2.05) is 37.3 Å². The number of rotatable bonds is 7. The van der Waals surface area contributed by atoms with Gasteiger partial charge in [0.1, 0.15) is 12.0 Å². The standard InChI is InChI=1S/C15H19ClN4OS/c1-2-17-15(19-11-13-7-9-21-20-13)18-8-10-22-14-5-3-12(16)4-6-14/h3-7,9H,2,8,10-11H2,1H3,(H2,17,18,19). The van der Waals surface area contributed by atoms with Gasteiger partial charge in [0.15, 0.2) is 5.96 Å². The Morgan fingerprint density at radius 2 is 2.09 bits per heavy atom. The minimum absolute atomic E-state index is 0.496. The number of nitrogens with zero attached hydrogens (tertiary/aromatic N) is 2. The van der Waals surface area contributed by atoms with E-state index in [4.69, 9.17) is 16.1 Å². The lowest BCUT2D eigenvalue weighted by molar-refractivity contribution is 0.412. The predicted octanol–water partition coefficient (Wildman–Crippen LogP) is 3.18. The molecule has 0 aliphatic carbocycles. The van der Waals surface area contributed by atoms with Crippen LogP contribution in [0.15, 0.2) is 51.0 Å². The summed E-state index contributed by atoms with van der Waals surface area (Å²) < 4.78 is 4.79. The van der Waals surface area contributed by atoms with Crippen LogP contribution in [0.3, 0.4) is 0 Å². The average molecular weight is 339 g/mol. The lowest BCUT2D eigenvalue weighted by Gasteiger charge is -2.10. The molecule has 0 unspecified atom stereocenters. The van der Waals surface area contributed by atoms with Gasteiger partial charge in [-0.3, -0.25) is 0 Å². The van der Waals surface area contributed by atoms with Gasteiger partial charge in [0.05, 0.1) is 6.54 Å². The molecule has 0 bridgehead atoms. The summed E-state index contributed by atoms with van der Waals surface area (Å²) in [5, 5.41) is 11.1. The molecule has 0 aliphatic heterocycles. The fourth-order valence-electron chi connectivity index (χ4n) is 1.69. The van der Waals surface area contributed by atoms with Gasteiger partial charge in [-0.15, -0.1) is 11.8 Å². The molecule has 1 aromatic heterocycles. The van der Waals surface area contributed by atoms with E-state index in [-0.39, 0.29) is 0 Å². The van der Waals surface area contributed by atoms with Gasteiger partial charge in [-0.2, -0.15) is 0 Å². The van der Waals surface area contributed by atoms with Crippen LogP contribution in [-0.4, -0.2) is 30.0 Å². The molecule has 22 heavy (non-hydrogen) atoms. The Balaban J connectivity index is 1.74. The minimum Gasteiger partial charge on any atom is -0.364 e. The highest BCUT2D eigenvalue weighted by Gasteiger charge is 2.00. The van der Waals surface area contributed by atoms with E-state index in [9.17, 15) is 0 Å². The van der Waals surface area contributed by atoms with Gasteiger partial charge in [0.25, 0.3) is 0 Å². The minimum atomic E-state index is 0.496. The Labute approximate surface area is 139 Å². The maximum Gasteiger partial charge on any atom is 0.191 e. The normalized spacial score (nSPS) is 11.5. The molecule has 1 aromatic carbocycles. The zero-order valence-electron chi connectivity index (χ0n) is 12.4. The van der Waals surface area contributed by atoms with Crippen LogP contribution < -0.4 is 10.6 Å². The molecule has 0 saturated carbocycles. The molecule has 2 aromatic rings. The van der Waals surface area contributed by atoms with Crippen molar-refractivity contribution in [2.24, 2.45) is 4.99 Å². The molecule has 0 fully saturated rings. The topological polar surface area (TPSA) is 62.5 Å². The third-order valence-corrected chi connectivity index (χ3v) is 3.98. The van der Waals surface area contributed by atoms with Crippen molar-refractivity contribution in [1.82, 2.24) is 15.8 Å². The van der Waals surface area contributed by atoms with Gasteiger partial charge in [0.2, 0.25) is 0 Å². The summed E-state index contributed by atoms with van der Waals surface area (Å²) in [6, 6.07) is 9.67. The highest BCUT2D eigenvalue weighted by molar-refractivity contribution is 7.99. The second-order valence-corrected chi connectivity index (χ2v) is 6.02. The van der Waals surface area contributed by atoms with Crippen LogP contribution >= 0.6 is 23.4 Å². The molecular weight excluding hydrogens is 320 g/mol. The van der Waals surface area contributed by atoms with Gasteiger partial charge in [-0.25, -0.2) is 4.99 Å². The summed E-state index contributed by atoms with van der Waals surface area (Å²) in [5.74, 6) is 1.72. The molecule has 2 N–H and O–H groups in total. The SMILES string of the molecule is CCNC(=NCc1ccon1)NCCSc1ccc(Cl)cc1. The summed E-state index contributed by atoms with van der Waals surface area (Å²) in [5.41, 5.74) is 0.813. The van der Waals surface area contributed by atoms with Crippen molar-refractivity contribution < 1.29 is 4.52 Å². The number of aromatic nitrogens is 1. The highest BCUT2D eigenvalue weighted by Crippen LogP contribution is 2.19. The van der Waals surface area contributed by atoms with Crippen LogP contribution in [0, 0.1) is 0 Å². The van der Waals surface area contributed by atoms with Gasteiger partial charge < -0.3 is 15.2 Å². The number of aliphatic imine (C=N–C) groups is 1. The average Bonchev–Trinajstić information content (AvgIpc) is 3.04. The lowest BCUT2D eigenvalue weighted by atomic mass is 10.4. The second kappa shape index (κ2) is 9.38. The number of thioether (sulfide) groups is 1. The van der Waals surface area contributed by atoms with Crippen molar-refractivity contribution in [2.45, 2.75) is 18.4 Å². The molecular formula is C15H19ClN4OS. The fraction of sp³-hybridized carbons (Fsp3) is 0.333. The molecule has 2 rings (SSSR count). The van der Waals surface area contributed by atoms with Crippen molar-refractivity contribution >= 4 is 29.3 Å². The molecule has 1 heterocycles. The van der Waals surface area contributed by atoms with Gasteiger partial charge >= 0.3 is 0 Å². The highest BCUT2D eigenvalue weighted by atomic mass is 35.5. The van der Waals surface area contributed by atoms with E-state index in [1.54, 1.807) is 18.0 Å². The number of halogens is 1. The van der Waals surface area contributed by atoms with E-state index in [0.29, 0.717) is 6.54 Å². The summed E-state index contributed by atoms with van der Waals surface area (Å²) >= 11 is 7.64. The fourth-order valence-corrected chi connectivity index (χ4v) is 2.58. The Kier molecular flexibility index (Phi) is 7.12. The zero-order valence-corrected chi connectivity index (χ0v) is 14.0. The maximum atomic E-state index is 5.87. The zero-order chi connectivity index (χ0) is 15.6. The van der Waals surface area contributed by atoms with Gasteiger partial charge in [0, 0.05) is 34.8 Å². The number of nitrogens with one attached hydrogen (secondary N) is 2. The summed E-state index contributed by atoms with van der Waals surface area (Å²) in [4.78, 5) is 5.66. The van der Waals surface area contributed by atoms with E-state index in [2.05, 4.69) is 20.8 Å². The van der Waals surface area contributed by atoms with Crippen molar-refractivity contribution in [2.75, 3.05) is 18.8 Å². The van der Waals surface area contributed by atoms with Crippen LogP contribution in [-0.2, 0) is 6.54 Å². The number of hydrogen-bond acceptors (Lipinski definition) is 4. The first kappa shape index (κ1) is 16.7. The van der Waals surface area contributed by atoms with Crippen molar-refractivity contribution in [1.29, 1.82) is 0 Å². The van der Waals surface area contributed by atoms with E-state index < -0.39 is 0 Å². The molecule has 5 nitrogen and oxygen atoms in total. The molecule has 0 aliphatic rings. The quantitative estimate of drug-likeness (QED) is 0.351. The van der Waals surface area contributed by atoms with E-state index in [1.165, 1.54) is 4.90 Å². The molecule has 0 atom stereocenters. The van der Waals surface area contributed by atoms with Crippen LogP contribution in [0.2, 0.25) is 5.02 Å². The molecule has 0 saturated heterocycles. The van der Waals surface area contributed by atoms with Crippen LogP contribution in [0.25, 0.3) is 0 Å². The first-order chi connectivity index (χ1) is 10.8. The number of benzene rings is 1. The third-order valence-electron chi connectivity index (χ3n) is 2.71. The molecule has 7 heteroatoms. The first-order valence-corrected chi connectivity index (χ1v) is 8.44. The number of guanidine groups is 1. The predicted molar refractivity (Wildman–Crippen MR) is 91.5 cm³/mol. The molecule has 118 valence electrons. The Morgan fingerprint density at radius 3 is 2.77 bits per heavy atom. The van der Waals surface area contributed by atoms with Crippen LogP contribution in [0.4, 0.5) is 0 Å². The Hall–Kier alpha value is -1.66. The summed E-state index contributed by atoms with van der Waals surface area (Å²) in [6.07, 6.45) is 1.55. The third kappa shape index (κ3) is 5.99. The number of hydrogen-bond donors (Lipinski definition) is 2. The van der Waals surface area contributed by atoms with Crippen molar-refractivity contribution in [3.05, 3.63) is 47.3 Å². The second-order valence-electron chi connectivity index (χ2n) is 4.42. The lowest BCUT2D eigenvalue weighted by Crippen LogP contribution is -2.38. The maximum absolute atomic E-state index is 5.87. The van der Waals surface area contributed by atoms with Gasteiger partial charge in [-0.1, -0.05) is 16.8 Å². The Morgan fingerprint density at radius 1 is 1.27 bits per heavy atom. The molecule has 0 radical (unpaired) electrons. The summed E-state index contributed by atoms with van der Waals surface area (Å²) in [6.45, 7) is 4.17. The summed E-state index contributed by atoms with van der Waals surface area (Å²) in [7, 11) is 0. The van der Waals surface area contributed by atoms with Crippen molar-refractivity contribution in [3.8, 4) is 0 Å². The van der Waals surface area contributed by atoms with E-state index >= 15 is 0 Å². The van der Waals surface area contributed by atoms with E-state index in [0.717, 1.165) is 35.5 Å². The molecule has 0 amide bonds. The van der Waals surface area contributed by atoms with Crippen LogP contribution in [0.5, 0.6) is 0 Å². The largest absolute Gasteiger partial charge is 0.364 e. The van der Waals surface area contributed by atoms with Crippen molar-refractivity contribution in [3.63, 3.8) is 0 Å². The Bertz CT molecular complexity index is 572. The monoisotopic (exact) mass is 338 g/mol. The smallest absolute Gasteiger partial charge is 0.191 e. The van der Waals surface area contributed by atoms with Gasteiger partial charge in [-0.05, 0) is 31.2 Å².